The predicted molar refractivity (Wildman–Crippen MR) is 143 cm³/mol. The van der Waals surface area contributed by atoms with E-state index in [0.717, 1.165) is 0 Å². The highest BCUT2D eigenvalue weighted by atomic mass is 35.5. The Morgan fingerprint density at radius 3 is 1.51 bits per heavy atom. The molecule has 17 heteroatoms. The third kappa shape index (κ3) is 20.6. The van der Waals surface area contributed by atoms with Crippen molar-refractivity contribution in [3.8, 4) is 11.5 Å². The Morgan fingerprint density at radius 2 is 1.12 bits per heavy atom. The van der Waals surface area contributed by atoms with Gasteiger partial charge in [0, 0.05) is 50.1 Å². The molecular formula is C24H31ClN2O14. The van der Waals surface area contributed by atoms with Crippen LogP contribution < -0.4 is 9.47 Å². The Labute approximate surface area is 239 Å². The first kappa shape index (κ1) is 37.1. The van der Waals surface area contributed by atoms with Gasteiger partial charge >= 0.3 is 11.6 Å². The molecule has 41 heavy (non-hydrogen) atoms. The SMILES string of the molecule is COCCOCCO.COCCOCCOC(=O)Oc1ccc([N+](=O)[O-])cc1.O=C(Cl)Oc1ccc([N+](=O)[O-])cc1. The molecule has 2 rings (SSSR count). The van der Waals surface area contributed by atoms with Crippen LogP contribution >= 0.6 is 11.6 Å². The minimum absolute atomic E-state index is 0.0511. The van der Waals surface area contributed by atoms with Gasteiger partial charge in [-0.15, -0.1) is 0 Å². The molecular weight excluding hydrogens is 576 g/mol. The van der Waals surface area contributed by atoms with E-state index in [1.54, 1.807) is 14.2 Å². The Balaban J connectivity index is 0.000000652. The van der Waals surface area contributed by atoms with Crippen molar-refractivity contribution in [2.24, 2.45) is 0 Å². The van der Waals surface area contributed by atoms with Crippen LogP contribution in [0.15, 0.2) is 48.5 Å². The van der Waals surface area contributed by atoms with Crippen molar-refractivity contribution in [2.75, 3.05) is 67.1 Å². The van der Waals surface area contributed by atoms with Crippen molar-refractivity contribution in [1.29, 1.82) is 0 Å². The Kier molecular flexibility index (Phi) is 21.6. The molecule has 0 aliphatic carbocycles. The predicted octanol–water partition coefficient (Wildman–Crippen LogP) is 3.75. The van der Waals surface area contributed by atoms with Crippen LogP contribution in [0.5, 0.6) is 11.5 Å². The minimum atomic E-state index is -0.978. The van der Waals surface area contributed by atoms with Crippen LogP contribution in [0.4, 0.5) is 21.0 Å². The number of carbonyl (C=O) groups is 2. The zero-order chi connectivity index (χ0) is 30.9. The highest BCUT2D eigenvalue weighted by Gasteiger charge is 2.09. The largest absolute Gasteiger partial charge is 0.513 e. The van der Waals surface area contributed by atoms with Crippen LogP contribution in [-0.4, -0.2) is 93.6 Å². The molecule has 0 amide bonds. The van der Waals surface area contributed by atoms with E-state index in [1.807, 2.05) is 0 Å². The van der Waals surface area contributed by atoms with Gasteiger partial charge in [-0.1, -0.05) is 0 Å². The van der Waals surface area contributed by atoms with E-state index in [0.29, 0.717) is 33.0 Å². The maximum absolute atomic E-state index is 11.3. The lowest BCUT2D eigenvalue weighted by Crippen LogP contribution is -2.15. The van der Waals surface area contributed by atoms with Gasteiger partial charge in [0.25, 0.3) is 11.4 Å². The first-order chi connectivity index (χ1) is 19.6. The third-order valence-electron chi connectivity index (χ3n) is 4.04. The van der Waals surface area contributed by atoms with Crippen molar-refractivity contribution >= 4 is 34.6 Å². The number of nitro groups is 2. The number of hydrogen-bond acceptors (Lipinski definition) is 14. The Bertz CT molecular complexity index is 1020. The van der Waals surface area contributed by atoms with Crippen molar-refractivity contribution in [1.82, 2.24) is 0 Å². The highest BCUT2D eigenvalue weighted by Crippen LogP contribution is 2.18. The van der Waals surface area contributed by atoms with Crippen LogP contribution in [-0.2, 0) is 23.7 Å². The molecule has 0 unspecified atom stereocenters. The molecule has 228 valence electrons. The van der Waals surface area contributed by atoms with E-state index < -0.39 is 21.4 Å². The molecule has 2 aromatic carbocycles. The molecule has 0 bridgehead atoms. The van der Waals surface area contributed by atoms with Gasteiger partial charge in [0.2, 0.25) is 0 Å². The number of aliphatic hydroxyl groups is 1. The summed E-state index contributed by atoms with van der Waals surface area (Å²) in [6.07, 6.45) is -0.894. The van der Waals surface area contributed by atoms with Gasteiger partial charge < -0.3 is 38.3 Å². The first-order valence-electron chi connectivity index (χ1n) is 11.6. The number of aliphatic hydroxyl groups excluding tert-OH is 1. The van der Waals surface area contributed by atoms with Gasteiger partial charge in [-0.25, -0.2) is 9.59 Å². The highest BCUT2D eigenvalue weighted by molar-refractivity contribution is 6.61. The number of non-ortho nitro benzene ring substituents is 2. The fourth-order valence-corrected chi connectivity index (χ4v) is 2.32. The molecule has 0 heterocycles. The summed E-state index contributed by atoms with van der Waals surface area (Å²) in [6.45, 7) is 2.82. The fraction of sp³-hybridized carbons (Fsp3) is 0.417. The van der Waals surface area contributed by atoms with Gasteiger partial charge in [-0.05, 0) is 24.3 Å². The monoisotopic (exact) mass is 606 g/mol. The lowest BCUT2D eigenvalue weighted by atomic mass is 10.3. The second kappa shape index (κ2) is 23.9. The molecule has 0 fully saturated rings. The van der Waals surface area contributed by atoms with Crippen molar-refractivity contribution in [3.63, 3.8) is 0 Å². The molecule has 0 saturated heterocycles. The maximum atomic E-state index is 11.3. The summed E-state index contributed by atoms with van der Waals surface area (Å²) < 4.78 is 33.4. The number of halogens is 1. The standard InChI is InChI=1S/C12H15NO7.C7H4ClNO4.C5H12O3/c1-17-6-7-18-8-9-19-12(14)20-11-4-2-10(3-5-11)13(15)16;8-7(10)13-6-3-1-5(2-4-6)9(11)12;1-7-4-5-8-3-2-6/h2-5H,6-9H2,1H3;1-4H;6H,2-5H2,1H3. The van der Waals surface area contributed by atoms with Gasteiger partial charge in [-0.3, -0.25) is 20.2 Å². The van der Waals surface area contributed by atoms with Crippen molar-refractivity contribution < 1.29 is 57.7 Å². The quantitative estimate of drug-likeness (QED) is 0.0765. The van der Waals surface area contributed by atoms with E-state index in [9.17, 15) is 29.8 Å². The zero-order valence-corrected chi connectivity index (χ0v) is 23.1. The minimum Gasteiger partial charge on any atom is -0.432 e. The van der Waals surface area contributed by atoms with E-state index in [2.05, 4.69) is 9.47 Å². The van der Waals surface area contributed by atoms with Crippen molar-refractivity contribution in [2.45, 2.75) is 0 Å². The zero-order valence-electron chi connectivity index (χ0n) is 22.3. The van der Waals surface area contributed by atoms with Crippen molar-refractivity contribution in [3.05, 3.63) is 68.8 Å². The number of ether oxygens (including phenoxy) is 7. The number of nitrogens with zero attached hydrogens (tertiary/aromatic N) is 2. The van der Waals surface area contributed by atoms with Crippen LogP contribution in [0.2, 0.25) is 0 Å². The summed E-state index contributed by atoms with van der Waals surface area (Å²) in [5, 5.41) is 28.8. The fourth-order valence-electron chi connectivity index (χ4n) is 2.23. The second-order valence-corrected chi connectivity index (χ2v) is 7.28. The third-order valence-corrected chi connectivity index (χ3v) is 4.12. The number of rotatable bonds is 15. The summed E-state index contributed by atoms with van der Waals surface area (Å²) in [5.41, 5.74) is -1.14. The Morgan fingerprint density at radius 1 is 0.707 bits per heavy atom. The van der Waals surface area contributed by atoms with Crippen LogP contribution in [0.1, 0.15) is 0 Å². The lowest BCUT2D eigenvalue weighted by Gasteiger charge is -2.06. The number of benzene rings is 2. The lowest BCUT2D eigenvalue weighted by molar-refractivity contribution is -0.385. The molecule has 0 radical (unpaired) electrons. The van der Waals surface area contributed by atoms with Crippen LogP contribution in [0.25, 0.3) is 0 Å². The van der Waals surface area contributed by atoms with Gasteiger partial charge in [0.05, 0.1) is 56.1 Å². The average Bonchev–Trinajstić information content (AvgIpc) is 2.94. The van der Waals surface area contributed by atoms with Crippen LogP contribution in [0.3, 0.4) is 0 Å². The van der Waals surface area contributed by atoms with Gasteiger partial charge in [0.1, 0.15) is 18.1 Å². The normalized spacial score (nSPS) is 9.76. The van der Waals surface area contributed by atoms with Crippen LogP contribution in [0, 0.1) is 20.2 Å². The number of nitro benzene ring substituents is 2. The molecule has 0 aliphatic rings. The average molecular weight is 607 g/mol. The first-order valence-corrected chi connectivity index (χ1v) is 12.0. The topological polar surface area (TPSA) is 205 Å². The van der Waals surface area contributed by atoms with E-state index in [1.165, 1.54) is 48.5 Å². The smallest absolute Gasteiger partial charge is 0.432 e. The van der Waals surface area contributed by atoms with E-state index in [4.69, 9.17) is 40.4 Å². The molecule has 0 aromatic heterocycles. The van der Waals surface area contributed by atoms with E-state index in [-0.39, 0.29) is 42.7 Å². The number of hydrogen-bond donors (Lipinski definition) is 1. The molecule has 0 atom stereocenters. The Hall–Kier alpha value is -3.93. The summed E-state index contributed by atoms with van der Waals surface area (Å²) in [4.78, 5) is 41.1. The number of carbonyl (C=O) groups excluding carboxylic acids is 2. The summed E-state index contributed by atoms with van der Waals surface area (Å²) in [5.74, 6) is 0.339. The number of methoxy groups -OCH3 is 2. The van der Waals surface area contributed by atoms with Gasteiger partial charge in [-0.2, -0.15) is 0 Å². The second-order valence-electron chi connectivity index (χ2n) is 6.98. The molecule has 1 N–H and O–H groups in total. The van der Waals surface area contributed by atoms with E-state index >= 15 is 0 Å². The summed E-state index contributed by atoms with van der Waals surface area (Å²) in [6, 6.07) is 10.1. The maximum Gasteiger partial charge on any atom is 0.513 e. The molecule has 16 nitrogen and oxygen atoms in total. The summed E-state index contributed by atoms with van der Waals surface area (Å²) in [7, 11) is 3.17. The molecule has 0 saturated carbocycles. The molecule has 0 spiro atoms. The van der Waals surface area contributed by atoms with Gasteiger partial charge in [0.15, 0.2) is 0 Å². The summed E-state index contributed by atoms with van der Waals surface area (Å²) >= 11 is 4.92. The molecule has 2 aromatic rings. The molecule has 0 aliphatic heterocycles.